The molecule has 0 atom stereocenters. The average Bonchev–Trinajstić information content (AvgIpc) is 2.76. The number of carbonyl (C=O) groups excluding carboxylic acids is 1. The summed E-state index contributed by atoms with van der Waals surface area (Å²) in [6.45, 7) is 0. The summed E-state index contributed by atoms with van der Waals surface area (Å²) in [5.74, 6) is -0.396. The van der Waals surface area contributed by atoms with Gasteiger partial charge in [-0.25, -0.2) is 9.97 Å². The van der Waals surface area contributed by atoms with E-state index in [9.17, 15) is 4.79 Å². The molecule has 2 rings (SSSR count). The lowest BCUT2D eigenvalue weighted by atomic mass is 10.3. The van der Waals surface area contributed by atoms with Crippen molar-refractivity contribution >= 4 is 34.8 Å². The minimum atomic E-state index is -0.396. The molecule has 0 aromatic carbocycles. The molecule has 0 aliphatic carbocycles. The van der Waals surface area contributed by atoms with E-state index in [-0.39, 0.29) is 16.0 Å². The molecule has 0 aliphatic rings. The first-order valence-electron chi connectivity index (χ1n) is 4.18. The molecule has 1 N–H and O–H groups in total. The second-order valence-corrected chi connectivity index (χ2v) is 3.51. The van der Waals surface area contributed by atoms with E-state index in [1.165, 1.54) is 24.9 Å². The summed E-state index contributed by atoms with van der Waals surface area (Å²) < 4.78 is 4.78. The van der Waals surface area contributed by atoms with Crippen LogP contribution >= 0.6 is 23.2 Å². The standard InChI is InChI=1S/C9H5Cl2N3O2/c10-7-6(8(11)13-4-12-7)14-9(15)5-1-2-16-3-5/h1-4H,(H,14,15). The van der Waals surface area contributed by atoms with E-state index in [4.69, 9.17) is 27.6 Å². The molecule has 0 spiro atoms. The first kappa shape index (κ1) is 10.9. The van der Waals surface area contributed by atoms with Crippen molar-refractivity contribution in [3.63, 3.8) is 0 Å². The molecule has 2 aromatic heterocycles. The van der Waals surface area contributed by atoms with Crippen LogP contribution in [0.5, 0.6) is 0 Å². The number of nitrogens with one attached hydrogen (secondary N) is 1. The van der Waals surface area contributed by atoms with Crippen molar-refractivity contribution in [1.29, 1.82) is 0 Å². The van der Waals surface area contributed by atoms with Crippen LogP contribution in [-0.4, -0.2) is 15.9 Å². The number of carbonyl (C=O) groups is 1. The van der Waals surface area contributed by atoms with Crippen molar-refractivity contribution in [3.8, 4) is 0 Å². The van der Waals surface area contributed by atoms with Crippen LogP contribution < -0.4 is 5.32 Å². The van der Waals surface area contributed by atoms with Gasteiger partial charge in [-0.2, -0.15) is 0 Å². The van der Waals surface area contributed by atoms with Crippen LogP contribution in [0, 0.1) is 0 Å². The largest absolute Gasteiger partial charge is 0.472 e. The van der Waals surface area contributed by atoms with Crippen LogP contribution in [0.3, 0.4) is 0 Å². The zero-order valence-electron chi connectivity index (χ0n) is 7.78. The summed E-state index contributed by atoms with van der Waals surface area (Å²) in [5.41, 5.74) is 0.535. The quantitative estimate of drug-likeness (QED) is 0.840. The van der Waals surface area contributed by atoms with Crippen LogP contribution in [0.25, 0.3) is 0 Å². The Morgan fingerprint density at radius 2 is 2.00 bits per heavy atom. The summed E-state index contributed by atoms with van der Waals surface area (Å²) >= 11 is 11.5. The fourth-order valence-electron chi connectivity index (χ4n) is 1.03. The van der Waals surface area contributed by atoms with Crippen LogP contribution in [0.2, 0.25) is 10.3 Å². The van der Waals surface area contributed by atoms with Gasteiger partial charge >= 0.3 is 0 Å². The van der Waals surface area contributed by atoms with Crippen LogP contribution in [-0.2, 0) is 0 Å². The summed E-state index contributed by atoms with van der Waals surface area (Å²) in [7, 11) is 0. The Morgan fingerprint density at radius 1 is 1.31 bits per heavy atom. The summed E-state index contributed by atoms with van der Waals surface area (Å²) in [5, 5.41) is 2.65. The summed E-state index contributed by atoms with van der Waals surface area (Å²) in [4.78, 5) is 19.0. The van der Waals surface area contributed by atoms with Crippen molar-refractivity contribution in [2.24, 2.45) is 0 Å². The number of rotatable bonds is 2. The third kappa shape index (κ3) is 2.15. The second kappa shape index (κ2) is 4.51. The van der Waals surface area contributed by atoms with Crippen molar-refractivity contribution in [2.45, 2.75) is 0 Å². The highest BCUT2D eigenvalue weighted by Gasteiger charge is 2.13. The van der Waals surface area contributed by atoms with Gasteiger partial charge in [0, 0.05) is 0 Å². The van der Waals surface area contributed by atoms with E-state index >= 15 is 0 Å². The number of amides is 1. The molecule has 0 aliphatic heterocycles. The maximum Gasteiger partial charge on any atom is 0.259 e. The number of hydrogen-bond donors (Lipinski definition) is 1. The first-order valence-corrected chi connectivity index (χ1v) is 4.93. The Balaban J connectivity index is 2.25. The van der Waals surface area contributed by atoms with E-state index in [0.29, 0.717) is 5.56 Å². The zero-order valence-corrected chi connectivity index (χ0v) is 9.29. The fourth-order valence-corrected chi connectivity index (χ4v) is 1.44. The van der Waals surface area contributed by atoms with E-state index in [2.05, 4.69) is 15.3 Å². The van der Waals surface area contributed by atoms with Gasteiger partial charge in [-0.05, 0) is 6.07 Å². The number of furan rings is 1. The molecular weight excluding hydrogens is 253 g/mol. The molecule has 0 radical (unpaired) electrons. The van der Waals surface area contributed by atoms with Crippen LogP contribution in [0.1, 0.15) is 10.4 Å². The smallest absolute Gasteiger partial charge is 0.259 e. The Morgan fingerprint density at radius 3 is 2.56 bits per heavy atom. The van der Waals surface area contributed by atoms with E-state index in [1.54, 1.807) is 0 Å². The molecule has 0 unspecified atom stereocenters. The van der Waals surface area contributed by atoms with E-state index < -0.39 is 5.91 Å². The summed E-state index contributed by atoms with van der Waals surface area (Å²) in [6.07, 6.45) is 3.90. The van der Waals surface area contributed by atoms with Gasteiger partial charge in [-0.1, -0.05) is 23.2 Å². The van der Waals surface area contributed by atoms with Gasteiger partial charge in [0.2, 0.25) is 0 Å². The maximum absolute atomic E-state index is 11.6. The Bertz CT molecular complexity index is 493. The molecule has 0 saturated carbocycles. The Hall–Kier alpha value is -1.59. The number of halogens is 2. The van der Waals surface area contributed by atoms with Gasteiger partial charge in [0.25, 0.3) is 5.91 Å². The van der Waals surface area contributed by atoms with Crippen molar-refractivity contribution < 1.29 is 9.21 Å². The SMILES string of the molecule is O=C(Nc1c(Cl)ncnc1Cl)c1ccoc1. The van der Waals surface area contributed by atoms with Gasteiger partial charge in [-0.3, -0.25) is 4.79 Å². The highest BCUT2D eigenvalue weighted by molar-refractivity contribution is 6.38. The number of hydrogen-bond acceptors (Lipinski definition) is 4. The predicted molar refractivity (Wildman–Crippen MR) is 58.7 cm³/mol. The fraction of sp³-hybridized carbons (Fsp3) is 0. The minimum Gasteiger partial charge on any atom is -0.472 e. The van der Waals surface area contributed by atoms with E-state index in [0.717, 1.165) is 0 Å². The lowest BCUT2D eigenvalue weighted by molar-refractivity contribution is 0.102. The highest BCUT2D eigenvalue weighted by atomic mass is 35.5. The first-order chi connectivity index (χ1) is 7.68. The molecule has 2 aromatic rings. The number of nitrogens with zero attached hydrogens (tertiary/aromatic N) is 2. The molecule has 5 nitrogen and oxygen atoms in total. The van der Waals surface area contributed by atoms with Crippen molar-refractivity contribution in [1.82, 2.24) is 9.97 Å². The van der Waals surface area contributed by atoms with Gasteiger partial charge in [0.05, 0.1) is 11.8 Å². The average molecular weight is 258 g/mol. The van der Waals surface area contributed by atoms with Crippen LogP contribution in [0.4, 0.5) is 5.69 Å². The van der Waals surface area contributed by atoms with Gasteiger partial charge in [0.15, 0.2) is 10.3 Å². The monoisotopic (exact) mass is 257 g/mol. The minimum absolute atomic E-state index is 0.0804. The normalized spacial score (nSPS) is 10.1. The Labute approximate surface area is 100 Å². The van der Waals surface area contributed by atoms with Crippen molar-refractivity contribution in [2.75, 3.05) is 5.32 Å². The molecule has 0 fully saturated rings. The highest BCUT2D eigenvalue weighted by Crippen LogP contribution is 2.26. The lowest BCUT2D eigenvalue weighted by Crippen LogP contribution is -2.12. The molecule has 82 valence electrons. The molecule has 7 heteroatoms. The Kier molecular flexibility index (Phi) is 3.07. The summed E-state index contributed by atoms with van der Waals surface area (Å²) in [6, 6.07) is 1.51. The van der Waals surface area contributed by atoms with Crippen LogP contribution in [0.15, 0.2) is 29.3 Å². The third-order valence-electron chi connectivity index (χ3n) is 1.78. The van der Waals surface area contributed by atoms with Gasteiger partial charge < -0.3 is 9.73 Å². The van der Waals surface area contributed by atoms with Crippen molar-refractivity contribution in [3.05, 3.63) is 40.8 Å². The number of aromatic nitrogens is 2. The lowest BCUT2D eigenvalue weighted by Gasteiger charge is -2.05. The third-order valence-corrected chi connectivity index (χ3v) is 2.35. The zero-order chi connectivity index (χ0) is 11.5. The molecule has 0 bridgehead atoms. The molecular formula is C9H5Cl2N3O2. The molecule has 16 heavy (non-hydrogen) atoms. The number of anilines is 1. The topological polar surface area (TPSA) is 68.0 Å². The van der Waals surface area contributed by atoms with E-state index in [1.807, 2.05) is 0 Å². The van der Waals surface area contributed by atoms with Gasteiger partial charge in [-0.15, -0.1) is 0 Å². The maximum atomic E-state index is 11.6. The molecule has 0 saturated heterocycles. The molecule has 2 heterocycles. The molecule has 1 amide bonds. The van der Waals surface area contributed by atoms with Gasteiger partial charge in [0.1, 0.15) is 18.3 Å². The second-order valence-electron chi connectivity index (χ2n) is 2.80. The predicted octanol–water partition coefficient (Wildman–Crippen LogP) is 2.63.